The molecule has 1 N–H and O–H groups in total. The summed E-state index contributed by atoms with van der Waals surface area (Å²) >= 11 is 3.63. The van der Waals surface area contributed by atoms with E-state index in [1.807, 2.05) is 27.7 Å². The van der Waals surface area contributed by atoms with Crippen LogP contribution in [0.15, 0.2) is 0 Å². The largest absolute Gasteiger partial charge is 0.358 e. The molecule has 0 aliphatic carbocycles. The fourth-order valence-electron chi connectivity index (χ4n) is 0.880. The first-order valence-electron chi connectivity index (χ1n) is 4.13. The molecule has 4 heteroatoms. The minimum absolute atomic E-state index is 0.0495. The maximum atomic E-state index is 5.59. The molecule has 0 fully saturated rings. The molecule has 3 nitrogen and oxygen atoms in total. The van der Waals surface area contributed by atoms with Crippen molar-refractivity contribution in [1.29, 1.82) is 0 Å². The van der Waals surface area contributed by atoms with E-state index in [0.717, 1.165) is 6.54 Å². The van der Waals surface area contributed by atoms with Gasteiger partial charge in [0.05, 0.1) is 12.2 Å². The first-order valence-corrected chi connectivity index (χ1v) is 4.50. The van der Waals surface area contributed by atoms with Crippen LogP contribution in [-0.2, 0) is 8.92 Å². The Balaban J connectivity index is 3.40. The second-order valence-corrected chi connectivity index (χ2v) is 3.92. The monoisotopic (exact) mass is 193 g/mol. The molecule has 0 bridgehead atoms. The standard InChI is InChI=1S/C8H19NO2S/c1-7(9-5-6-10-12)11-8(2,3)4/h7,9,12H,5-6H2,1-4H3. The quantitative estimate of drug-likeness (QED) is 0.301. The molecule has 74 valence electrons. The van der Waals surface area contributed by atoms with E-state index < -0.39 is 0 Å². The Hall–Kier alpha value is 0.230. The molecule has 0 aliphatic heterocycles. The third kappa shape index (κ3) is 8.33. The maximum Gasteiger partial charge on any atom is 0.106 e. The summed E-state index contributed by atoms with van der Waals surface area (Å²) in [6.45, 7) is 9.40. The summed E-state index contributed by atoms with van der Waals surface area (Å²) in [5.41, 5.74) is -0.103. The van der Waals surface area contributed by atoms with Crippen molar-refractivity contribution >= 4 is 12.9 Å². The Kier molecular flexibility index (Phi) is 5.92. The molecule has 0 aromatic heterocycles. The van der Waals surface area contributed by atoms with Gasteiger partial charge in [-0.05, 0) is 40.6 Å². The van der Waals surface area contributed by atoms with E-state index in [9.17, 15) is 0 Å². The minimum Gasteiger partial charge on any atom is -0.358 e. The van der Waals surface area contributed by atoms with Crippen molar-refractivity contribution in [2.75, 3.05) is 13.2 Å². The molecule has 0 amide bonds. The van der Waals surface area contributed by atoms with Gasteiger partial charge in [0.25, 0.3) is 0 Å². The van der Waals surface area contributed by atoms with Crippen molar-refractivity contribution in [3.63, 3.8) is 0 Å². The summed E-state index contributed by atoms with van der Waals surface area (Å²) in [5.74, 6) is 0. The molecule has 1 unspecified atom stereocenters. The zero-order valence-electron chi connectivity index (χ0n) is 8.26. The Morgan fingerprint density at radius 3 is 2.42 bits per heavy atom. The number of hydrogen-bond acceptors (Lipinski definition) is 4. The topological polar surface area (TPSA) is 30.5 Å². The highest BCUT2D eigenvalue weighted by Gasteiger charge is 2.13. The van der Waals surface area contributed by atoms with Gasteiger partial charge in [-0.1, -0.05) is 0 Å². The molecule has 0 saturated heterocycles. The summed E-state index contributed by atoms with van der Waals surface area (Å²) in [4.78, 5) is 0. The molecule has 1 atom stereocenters. The molecule has 0 saturated carbocycles. The number of rotatable bonds is 5. The van der Waals surface area contributed by atoms with Crippen LogP contribution in [-0.4, -0.2) is 25.0 Å². The molecule has 0 heterocycles. The van der Waals surface area contributed by atoms with Gasteiger partial charge >= 0.3 is 0 Å². The van der Waals surface area contributed by atoms with Crippen molar-refractivity contribution < 1.29 is 8.92 Å². The van der Waals surface area contributed by atoms with E-state index in [-0.39, 0.29) is 11.8 Å². The van der Waals surface area contributed by atoms with Gasteiger partial charge in [0.15, 0.2) is 0 Å². The first kappa shape index (κ1) is 12.2. The fraction of sp³-hybridized carbons (Fsp3) is 1.00. The number of thiol groups is 1. The van der Waals surface area contributed by atoms with Crippen LogP contribution in [0.25, 0.3) is 0 Å². The molecule has 12 heavy (non-hydrogen) atoms. The van der Waals surface area contributed by atoms with Gasteiger partial charge in [-0.25, -0.2) is 0 Å². The normalized spacial score (nSPS) is 14.8. The van der Waals surface area contributed by atoms with Gasteiger partial charge in [0.1, 0.15) is 6.23 Å². The van der Waals surface area contributed by atoms with Crippen molar-refractivity contribution in [3.05, 3.63) is 0 Å². The van der Waals surface area contributed by atoms with Crippen LogP contribution < -0.4 is 5.32 Å². The van der Waals surface area contributed by atoms with Crippen molar-refractivity contribution in [2.45, 2.75) is 39.5 Å². The molecule has 0 aromatic carbocycles. The van der Waals surface area contributed by atoms with Gasteiger partial charge in [0.2, 0.25) is 0 Å². The lowest BCUT2D eigenvalue weighted by Gasteiger charge is -2.25. The average Bonchev–Trinajstić information content (AvgIpc) is 1.84. The van der Waals surface area contributed by atoms with E-state index >= 15 is 0 Å². The van der Waals surface area contributed by atoms with Crippen LogP contribution in [0.1, 0.15) is 27.7 Å². The van der Waals surface area contributed by atoms with Crippen LogP contribution >= 0.6 is 12.9 Å². The molecule has 0 aromatic rings. The van der Waals surface area contributed by atoms with Crippen LogP contribution in [0.2, 0.25) is 0 Å². The lowest BCUT2D eigenvalue weighted by Crippen LogP contribution is -2.37. The number of ether oxygens (including phenoxy) is 1. The predicted molar refractivity (Wildman–Crippen MR) is 53.2 cm³/mol. The fourth-order valence-corrected chi connectivity index (χ4v) is 0.971. The summed E-state index contributed by atoms with van der Waals surface area (Å²) in [5, 5.41) is 3.14. The maximum absolute atomic E-state index is 5.59. The zero-order chi connectivity index (χ0) is 9.61. The van der Waals surface area contributed by atoms with E-state index in [0.29, 0.717) is 6.61 Å². The molecular formula is C8H19NO2S. The SMILES string of the molecule is CC(NCCOS)OC(C)(C)C. The van der Waals surface area contributed by atoms with Gasteiger partial charge in [0, 0.05) is 6.54 Å². The third-order valence-corrected chi connectivity index (χ3v) is 1.34. The Labute approximate surface area is 80.4 Å². The van der Waals surface area contributed by atoms with Crippen molar-refractivity contribution in [3.8, 4) is 0 Å². The highest BCUT2D eigenvalue weighted by molar-refractivity contribution is 7.75. The Bertz CT molecular complexity index is 114. The summed E-state index contributed by atoms with van der Waals surface area (Å²) < 4.78 is 10.2. The van der Waals surface area contributed by atoms with Gasteiger partial charge < -0.3 is 8.92 Å². The van der Waals surface area contributed by atoms with E-state index in [4.69, 9.17) is 4.74 Å². The molecule has 0 radical (unpaired) electrons. The van der Waals surface area contributed by atoms with Gasteiger partial charge in [-0.2, -0.15) is 0 Å². The van der Waals surface area contributed by atoms with Crippen LogP contribution in [0.4, 0.5) is 0 Å². The summed E-state index contributed by atoms with van der Waals surface area (Å²) in [6, 6.07) is 0. The molecular weight excluding hydrogens is 174 g/mol. The Morgan fingerprint density at radius 2 is 2.00 bits per heavy atom. The second-order valence-electron chi connectivity index (χ2n) is 3.66. The lowest BCUT2D eigenvalue weighted by molar-refractivity contribution is -0.0660. The zero-order valence-corrected chi connectivity index (χ0v) is 9.15. The molecule has 0 spiro atoms. The smallest absolute Gasteiger partial charge is 0.106 e. The van der Waals surface area contributed by atoms with Crippen molar-refractivity contribution in [2.24, 2.45) is 0 Å². The van der Waals surface area contributed by atoms with Crippen LogP contribution in [0.5, 0.6) is 0 Å². The molecule has 0 aliphatic rings. The highest BCUT2D eigenvalue weighted by atomic mass is 32.1. The third-order valence-electron chi connectivity index (χ3n) is 1.16. The Morgan fingerprint density at radius 1 is 1.42 bits per heavy atom. The first-order chi connectivity index (χ1) is 5.45. The molecule has 0 rings (SSSR count). The lowest BCUT2D eigenvalue weighted by atomic mass is 10.2. The second kappa shape index (κ2) is 5.80. The summed E-state index contributed by atoms with van der Waals surface area (Å²) in [6.07, 6.45) is 0.0495. The van der Waals surface area contributed by atoms with E-state index in [2.05, 4.69) is 22.4 Å². The predicted octanol–water partition coefficient (Wildman–Crippen LogP) is 1.60. The van der Waals surface area contributed by atoms with E-state index in [1.54, 1.807) is 0 Å². The van der Waals surface area contributed by atoms with E-state index in [1.165, 1.54) is 0 Å². The number of nitrogens with one attached hydrogen (secondary N) is 1. The highest BCUT2D eigenvalue weighted by Crippen LogP contribution is 2.08. The van der Waals surface area contributed by atoms with Gasteiger partial charge in [-0.15, -0.1) is 0 Å². The van der Waals surface area contributed by atoms with Crippen LogP contribution in [0.3, 0.4) is 0 Å². The van der Waals surface area contributed by atoms with Gasteiger partial charge in [-0.3, -0.25) is 5.32 Å². The van der Waals surface area contributed by atoms with Crippen LogP contribution in [0, 0.1) is 0 Å². The minimum atomic E-state index is -0.103. The summed E-state index contributed by atoms with van der Waals surface area (Å²) in [7, 11) is 0. The average molecular weight is 193 g/mol. The van der Waals surface area contributed by atoms with Crippen molar-refractivity contribution in [1.82, 2.24) is 5.32 Å². The number of hydrogen-bond donors (Lipinski definition) is 2.